The van der Waals surface area contributed by atoms with E-state index in [1.807, 2.05) is 79.7 Å². The lowest BCUT2D eigenvalue weighted by Gasteiger charge is -2.11. The molecule has 0 aliphatic carbocycles. The highest BCUT2D eigenvalue weighted by Gasteiger charge is 2.11. The molecule has 0 atom stereocenters. The first kappa shape index (κ1) is 26.2. The van der Waals surface area contributed by atoms with Gasteiger partial charge in [0.05, 0.1) is 24.4 Å². The summed E-state index contributed by atoms with van der Waals surface area (Å²) < 4.78 is 5.21. The van der Waals surface area contributed by atoms with E-state index in [0.29, 0.717) is 16.8 Å². The molecule has 0 saturated heterocycles. The minimum Gasteiger partial charge on any atom is -0.497 e. The molecule has 0 saturated carbocycles. The molecule has 4 aromatic carbocycles. The Morgan fingerprint density at radius 1 is 0.875 bits per heavy atom. The molecule has 2 amide bonds. The third-order valence-corrected chi connectivity index (χ3v) is 6.30. The van der Waals surface area contributed by atoms with Crippen LogP contribution in [0.5, 0.6) is 5.75 Å². The lowest BCUT2D eigenvalue weighted by molar-refractivity contribution is 0.0953. The largest absolute Gasteiger partial charge is 0.497 e. The molecule has 0 unspecified atom stereocenters. The third-order valence-electron chi connectivity index (χ3n) is 6.30. The molecule has 1 aromatic heterocycles. The van der Waals surface area contributed by atoms with Gasteiger partial charge in [0, 0.05) is 42.2 Å². The van der Waals surface area contributed by atoms with Gasteiger partial charge in [0.25, 0.3) is 11.8 Å². The number of H-pyrrole nitrogens is 1. The second-order valence-electron chi connectivity index (χ2n) is 9.26. The number of nitrogens with one attached hydrogen (secondary N) is 3. The van der Waals surface area contributed by atoms with Crippen LogP contribution in [0.25, 0.3) is 22.4 Å². The molecular weight excluding hydrogens is 504 g/mol. The van der Waals surface area contributed by atoms with Gasteiger partial charge in [-0.3, -0.25) is 9.59 Å². The Kier molecular flexibility index (Phi) is 7.54. The molecule has 0 bridgehead atoms. The van der Waals surface area contributed by atoms with Crippen LogP contribution in [0.2, 0.25) is 0 Å². The van der Waals surface area contributed by atoms with E-state index < -0.39 is 0 Å². The molecule has 0 spiro atoms. The van der Waals surface area contributed by atoms with Crippen molar-refractivity contribution in [1.29, 1.82) is 0 Å². The number of rotatable bonds is 8. The van der Waals surface area contributed by atoms with Crippen LogP contribution in [0.3, 0.4) is 0 Å². The van der Waals surface area contributed by atoms with Crippen LogP contribution in [0.1, 0.15) is 26.3 Å². The summed E-state index contributed by atoms with van der Waals surface area (Å²) in [4.78, 5) is 35.2. The highest BCUT2D eigenvalue weighted by molar-refractivity contribution is 6.05. The summed E-state index contributed by atoms with van der Waals surface area (Å²) >= 11 is 0. The molecule has 0 aliphatic rings. The molecule has 0 fully saturated rings. The van der Waals surface area contributed by atoms with E-state index in [9.17, 15) is 9.59 Å². The van der Waals surface area contributed by atoms with Gasteiger partial charge in [-0.1, -0.05) is 12.1 Å². The average molecular weight is 533 g/mol. The van der Waals surface area contributed by atoms with Crippen molar-refractivity contribution in [2.45, 2.75) is 0 Å². The third kappa shape index (κ3) is 5.99. The van der Waals surface area contributed by atoms with Gasteiger partial charge in [-0.15, -0.1) is 0 Å². The number of aromatic amines is 1. The lowest BCUT2D eigenvalue weighted by Crippen LogP contribution is -2.18. The highest BCUT2D eigenvalue weighted by atomic mass is 16.5. The Labute approximate surface area is 231 Å². The van der Waals surface area contributed by atoms with E-state index in [4.69, 9.17) is 4.74 Å². The van der Waals surface area contributed by atoms with Crippen LogP contribution in [0.4, 0.5) is 11.4 Å². The SMILES string of the molecule is COc1ccc(-c2nc3ccc(NC(=O)c4ccc(C(=O)N/N=C/c5ccc(N(C)C)cc5)cc4)cc3[nH]2)cc1. The fraction of sp³-hybridized carbons (Fsp3) is 0.0968. The van der Waals surface area contributed by atoms with E-state index in [0.717, 1.165) is 39.4 Å². The zero-order chi connectivity index (χ0) is 28.1. The Hall–Kier alpha value is -5.44. The van der Waals surface area contributed by atoms with Gasteiger partial charge in [-0.2, -0.15) is 5.10 Å². The molecule has 200 valence electrons. The minimum atomic E-state index is -0.370. The van der Waals surface area contributed by atoms with Crippen LogP contribution in [-0.4, -0.2) is 49.2 Å². The van der Waals surface area contributed by atoms with Crippen molar-refractivity contribution in [3.05, 3.63) is 108 Å². The quantitative estimate of drug-likeness (QED) is 0.185. The standard InChI is InChI=1S/C31H28N6O3/c1-37(2)25-13-4-20(5-14-25)19-32-36-31(39)23-8-6-22(7-9-23)30(38)33-24-12-17-27-28(18-24)35-29(34-27)21-10-15-26(40-3)16-11-21/h4-19H,1-3H3,(H,33,38)(H,34,35)(H,36,39)/b32-19+. The fourth-order valence-corrected chi connectivity index (χ4v) is 4.04. The molecule has 40 heavy (non-hydrogen) atoms. The second-order valence-corrected chi connectivity index (χ2v) is 9.26. The summed E-state index contributed by atoms with van der Waals surface area (Å²) in [5.74, 6) is 0.835. The number of fused-ring (bicyclic) bond motifs is 1. The van der Waals surface area contributed by atoms with Crippen molar-refractivity contribution in [2.75, 3.05) is 31.4 Å². The molecular formula is C31H28N6O3. The van der Waals surface area contributed by atoms with Gasteiger partial charge in [0.1, 0.15) is 11.6 Å². The van der Waals surface area contributed by atoms with Crippen LogP contribution in [0, 0.1) is 0 Å². The summed E-state index contributed by atoms with van der Waals surface area (Å²) in [5, 5.41) is 6.92. The molecule has 3 N–H and O–H groups in total. The maximum absolute atomic E-state index is 12.8. The molecule has 5 rings (SSSR count). The lowest BCUT2D eigenvalue weighted by atomic mass is 10.1. The maximum atomic E-state index is 12.8. The normalized spacial score (nSPS) is 11.0. The smallest absolute Gasteiger partial charge is 0.271 e. The number of carbonyl (C=O) groups is 2. The number of ether oxygens (including phenoxy) is 1. The van der Waals surface area contributed by atoms with E-state index >= 15 is 0 Å². The van der Waals surface area contributed by atoms with E-state index in [2.05, 4.69) is 25.8 Å². The Morgan fingerprint density at radius 2 is 1.55 bits per heavy atom. The van der Waals surface area contributed by atoms with Gasteiger partial charge in [-0.25, -0.2) is 10.4 Å². The van der Waals surface area contributed by atoms with Gasteiger partial charge in [0.2, 0.25) is 0 Å². The van der Waals surface area contributed by atoms with Crippen LogP contribution < -0.4 is 20.4 Å². The molecule has 9 heteroatoms. The molecule has 0 radical (unpaired) electrons. The van der Waals surface area contributed by atoms with Crippen molar-refractivity contribution in [2.24, 2.45) is 5.10 Å². The molecule has 9 nitrogen and oxygen atoms in total. The van der Waals surface area contributed by atoms with Crippen molar-refractivity contribution < 1.29 is 14.3 Å². The van der Waals surface area contributed by atoms with E-state index in [1.165, 1.54) is 0 Å². The number of hydrogen-bond donors (Lipinski definition) is 3. The van der Waals surface area contributed by atoms with Gasteiger partial charge < -0.3 is 19.9 Å². The second kappa shape index (κ2) is 11.5. The molecule has 1 heterocycles. The minimum absolute atomic E-state index is 0.291. The number of imidazole rings is 1. The number of methoxy groups -OCH3 is 1. The fourth-order valence-electron chi connectivity index (χ4n) is 4.04. The summed E-state index contributed by atoms with van der Waals surface area (Å²) in [6.07, 6.45) is 1.58. The number of hydrazone groups is 1. The summed E-state index contributed by atoms with van der Waals surface area (Å²) in [6.45, 7) is 0. The van der Waals surface area contributed by atoms with Crippen LogP contribution >= 0.6 is 0 Å². The monoisotopic (exact) mass is 532 g/mol. The van der Waals surface area contributed by atoms with Crippen molar-refractivity contribution in [1.82, 2.24) is 15.4 Å². The van der Waals surface area contributed by atoms with Gasteiger partial charge in [-0.05, 0) is 84.4 Å². The first-order valence-electron chi connectivity index (χ1n) is 12.6. The maximum Gasteiger partial charge on any atom is 0.271 e. The number of carbonyl (C=O) groups excluding carboxylic acids is 2. The number of hydrogen-bond acceptors (Lipinski definition) is 6. The highest BCUT2D eigenvalue weighted by Crippen LogP contribution is 2.25. The topological polar surface area (TPSA) is 112 Å². The van der Waals surface area contributed by atoms with Crippen molar-refractivity contribution in [3.8, 4) is 17.1 Å². The van der Waals surface area contributed by atoms with Crippen molar-refractivity contribution >= 4 is 40.4 Å². The summed E-state index contributed by atoms with van der Waals surface area (Å²) in [7, 11) is 5.57. The summed E-state index contributed by atoms with van der Waals surface area (Å²) in [5.41, 5.74) is 8.39. The Morgan fingerprint density at radius 3 is 2.20 bits per heavy atom. The van der Waals surface area contributed by atoms with E-state index in [-0.39, 0.29) is 11.8 Å². The Balaban J connectivity index is 1.20. The predicted octanol–water partition coefficient (Wildman–Crippen LogP) is 5.32. The van der Waals surface area contributed by atoms with Gasteiger partial charge in [0.15, 0.2) is 0 Å². The predicted molar refractivity (Wildman–Crippen MR) is 158 cm³/mol. The first-order valence-corrected chi connectivity index (χ1v) is 12.6. The van der Waals surface area contributed by atoms with Crippen molar-refractivity contribution in [3.63, 3.8) is 0 Å². The van der Waals surface area contributed by atoms with E-state index in [1.54, 1.807) is 43.7 Å². The number of nitrogens with zero attached hydrogens (tertiary/aromatic N) is 3. The zero-order valence-electron chi connectivity index (χ0n) is 22.3. The number of anilines is 2. The number of aromatic nitrogens is 2. The van der Waals surface area contributed by atoms with Crippen LogP contribution in [0.15, 0.2) is 96.1 Å². The average Bonchev–Trinajstić information content (AvgIpc) is 3.41. The molecule has 0 aliphatic heterocycles. The molecule has 5 aromatic rings. The van der Waals surface area contributed by atoms with Gasteiger partial charge >= 0.3 is 0 Å². The summed E-state index contributed by atoms with van der Waals surface area (Å²) in [6, 6.07) is 27.3. The van der Waals surface area contributed by atoms with Crippen LogP contribution in [-0.2, 0) is 0 Å². The first-order chi connectivity index (χ1) is 19.4. The number of amides is 2. The zero-order valence-corrected chi connectivity index (χ0v) is 22.3. The number of benzene rings is 4. The Bertz CT molecular complexity index is 1670.